The first-order chi connectivity index (χ1) is 6.50. The van der Waals surface area contributed by atoms with Crippen LogP contribution >= 0.6 is 0 Å². The molecule has 0 aromatic carbocycles. The van der Waals surface area contributed by atoms with Gasteiger partial charge in [-0.25, -0.2) is 0 Å². The van der Waals surface area contributed by atoms with Gasteiger partial charge in [-0.15, -0.1) is 0 Å². The SMILES string of the molecule is Cc1cc(CC(C(=O)O)C(=O)O)no1. The molecule has 1 aromatic rings. The summed E-state index contributed by atoms with van der Waals surface area (Å²) in [6, 6.07) is 1.51. The molecule has 14 heavy (non-hydrogen) atoms. The third-order valence-corrected chi connectivity index (χ3v) is 1.69. The van der Waals surface area contributed by atoms with Crippen LogP contribution in [-0.2, 0) is 16.0 Å². The quantitative estimate of drug-likeness (QED) is 0.677. The molecule has 0 aliphatic carbocycles. The van der Waals surface area contributed by atoms with Crippen LogP contribution in [0.5, 0.6) is 0 Å². The molecule has 2 N–H and O–H groups in total. The molecular formula is C8H9NO5. The molecule has 6 nitrogen and oxygen atoms in total. The Labute approximate surface area is 79.1 Å². The van der Waals surface area contributed by atoms with Crippen molar-refractivity contribution in [3.8, 4) is 0 Å². The molecule has 0 bridgehead atoms. The summed E-state index contributed by atoms with van der Waals surface area (Å²) in [5.74, 6) is -3.70. The number of aryl methyl sites for hydroxylation is 1. The minimum absolute atomic E-state index is 0.165. The summed E-state index contributed by atoms with van der Waals surface area (Å²) in [6.07, 6.45) is -0.165. The molecule has 1 rings (SSSR count). The smallest absolute Gasteiger partial charge is 0.318 e. The number of nitrogens with zero attached hydrogens (tertiary/aromatic N) is 1. The summed E-state index contributed by atoms with van der Waals surface area (Å²) in [5, 5.41) is 20.7. The highest BCUT2D eigenvalue weighted by Crippen LogP contribution is 2.09. The molecule has 6 heteroatoms. The Morgan fingerprint density at radius 1 is 1.50 bits per heavy atom. The molecule has 1 heterocycles. The van der Waals surface area contributed by atoms with Crippen LogP contribution in [0, 0.1) is 12.8 Å². The summed E-state index contributed by atoms with van der Waals surface area (Å²) < 4.78 is 4.69. The van der Waals surface area contributed by atoms with E-state index in [4.69, 9.17) is 10.2 Å². The number of rotatable bonds is 4. The Balaban J connectivity index is 2.74. The Hall–Kier alpha value is -1.85. The van der Waals surface area contributed by atoms with Gasteiger partial charge in [-0.3, -0.25) is 9.59 Å². The second-order valence-corrected chi connectivity index (χ2v) is 2.86. The number of hydrogen-bond donors (Lipinski definition) is 2. The lowest BCUT2D eigenvalue weighted by molar-refractivity contribution is -0.154. The molecule has 76 valence electrons. The number of carboxylic acids is 2. The van der Waals surface area contributed by atoms with Crippen molar-refractivity contribution in [2.75, 3.05) is 0 Å². The molecule has 0 saturated carbocycles. The van der Waals surface area contributed by atoms with E-state index in [1.54, 1.807) is 6.92 Å². The van der Waals surface area contributed by atoms with Crippen molar-refractivity contribution >= 4 is 11.9 Å². The van der Waals surface area contributed by atoms with Crippen LogP contribution in [-0.4, -0.2) is 27.3 Å². The predicted octanol–water partition coefficient (Wildman–Crippen LogP) is 0.311. The van der Waals surface area contributed by atoms with Gasteiger partial charge in [-0.2, -0.15) is 0 Å². The van der Waals surface area contributed by atoms with Gasteiger partial charge in [0.2, 0.25) is 0 Å². The summed E-state index contributed by atoms with van der Waals surface area (Å²) >= 11 is 0. The zero-order valence-electron chi connectivity index (χ0n) is 7.43. The standard InChI is InChI=1S/C8H9NO5/c1-4-2-5(9-14-4)3-6(7(10)11)8(12)13/h2,6H,3H2,1H3,(H,10,11)(H,12,13). The molecule has 0 radical (unpaired) electrons. The van der Waals surface area contributed by atoms with Gasteiger partial charge in [0.15, 0.2) is 5.92 Å². The average Bonchev–Trinajstić information content (AvgIpc) is 2.46. The molecule has 0 aliphatic rings. The van der Waals surface area contributed by atoms with E-state index >= 15 is 0 Å². The van der Waals surface area contributed by atoms with Gasteiger partial charge < -0.3 is 14.7 Å². The van der Waals surface area contributed by atoms with E-state index in [0.717, 1.165) is 0 Å². The van der Waals surface area contributed by atoms with Gasteiger partial charge in [-0.1, -0.05) is 5.16 Å². The lowest BCUT2D eigenvalue weighted by Gasteiger charge is -2.03. The first kappa shape index (κ1) is 10.2. The maximum absolute atomic E-state index is 10.5. The molecule has 0 amide bonds. The fourth-order valence-corrected chi connectivity index (χ4v) is 1.00. The van der Waals surface area contributed by atoms with E-state index in [9.17, 15) is 9.59 Å². The van der Waals surface area contributed by atoms with Gasteiger partial charge in [0.05, 0.1) is 5.69 Å². The average molecular weight is 199 g/mol. The second-order valence-electron chi connectivity index (χ2n) is 2.86. The maximum Gasteiger partial charge on any atom is 0.318 e. The zero-order valence-corrected chi connectivity index (χ0v) is 7.43. The number of aliphatic carboxylic acids is 2. The molecule has 0 atom stereocenters. The van der Waals surface area contributed by atoms with Crippen LogP contribution in [0.1, 0.15) is 11.5 Å². The first-order valence-corrected chi connectivity index (χ1v) is 3.88. The van der Waals surface area contributed by atoms with Crippen molar-refractivity contribution in [1.82, 2.24) is 5.16 Å². The predicted molar refractivity (Wildman–Crippen MR) is 43.7 cm³/mol. The second kappa shape index (κ2) is 3.91. The fourth-order valence-electron chi connectivity index (χ4n) is 1.00. The van der Waals surface area contributed by atoms with Crippen LogP contribution in [0.4, 0.5) is 0 Å². The van der Waals surface area contributed by atoms with Crippen LogP contribution in [0.2, 0.25) is 0 Å². The number of aromatic nitrogens is 1. The summed E-state index contributed by atoms with van der Waals surface area (Å²) in [7, 11) is 0. The van der Waals surface area contributed by atoms with Crippen LogP contribution in [0.15, 0.2) is 10.6 Å². The largest absolute Gasteiger partial charge is 0.481 e. The Kier molecular flexibility index (Phi) is 2.85. The third kappa shape index (κ3) is 2.32. The van der Waals surface area contributed by atoms with Crippen molar-refractivity contribution in [3.05, 3.63) is 17.5 Å². The Morgan fingerprint density at radius 2 is 2.07 bits per heavy atom. The molecule has 0 saturated heterocycles. The van der Waals surface area contributed by atoms with Crippen molar-refractivity contribution < 1.29 is 24.3 Å². The number of carbonyl (C=O) groups is 2. The summed E-state index contributed by atoms with van der Waals surface area (Å²) in [6.45, 7) is 1.65. The molecule has 0 spiro atoms. The highest BCUT2D eigenvalue weighted by Gasteiger charge is 2.27. The topological polar surface area (TPSA) is 101 Å². The van der Waals surface area contributed by atoms with E-state index in [-0.39, 0.29) is 6.42 Å². The molecule has 0 aliphatic heterocycles. The van der Waals surface area contributed by atoms with Gasteiger partial charge in [-0.05, 0) is 6.92 Å². The van der Waals surface area contributed by atoms with Gasteiger partial charge in [0.25, 0.3) is 0 Å². The van der Waals surface area contributed by atoms with E-state index in [2.05, 4.69) is 9.68 Å². The van der Waals surface area contributed by atoms with E-state index in [1.807, 2.05) is 0 Å². The lowest BCUT2D eigenvalue weighted by Crippen LogP contribution is -2.25. The van der Waals surface area contributed by atoms with Crippen LogP contribution in [0.25, 0.3) is 0 Å². The monoisotopic (exact) mass is 199 g/mol. The minimum atomic E-state index is -1.47. The molecule has 1 aromatic heterocycles. The lowest BCUT2D eigenvalue weighted by atomic mass is 10.0. The van der Waals surface area contributed by atoms with E-state index < -0.39 is 17.9 Å². The van der Waals surface area contributed by atoms with Crippen molar-refractivity contribution in [2.24, 2.45) is 5.92 Å². The van der Waals surface area contributed by atoms with Gasteiger partial charge in [0, 0.05) is 12.5 Å². The summed E-state index contributed by atoms with van der Waals surface area (Å²) in [5.41, 5.74) is 0.331. The van der Waals surface area contributed by atoms with Crippen LogP contribution < -0.4 is 0 Å². The molecule has 0 fully saturated rings. The zero-order chi connectivity index (χ0) is 10.7. The van der Waals surface area contributed by atoms with Crippen molar-refractivity contribution in [2.45, 2.75) is 13.3 Å². The highest BCUT2D eigenvalue weighted by molar-refractivity contribution is 5.93. The van der Waals surface area contributed by atoms with Crippen LogP contribution in [0.3, 0.4) is 0 Å². The van der Waals surface area contributed by atoms with Gasteiger partial charge >= 0.3 is 11.9 Å². The Morgan fingerprint density at radius 3 is 2.43 bits per heavy atom. The normalized spacial score (nSPS) is 10.4. The fraction of sp³-hybridized carbons (Fsp3) is 0.375. The molecule has 0 unspecified atom stereocenters. The maximum atomic E-state index is 10.5. The minimum Gasteiger partial charge on any atom is -0.481 e. The summed E-state index contributed by atoms with van der Waals surface area (Å²) in [4.78, 5) is 21.0. The van der Waals surface area contributed by atoms with E-state index in [0.29, 0.717) is 11.5 Å². The van der Waals surface area contributed by atoms with E-state index in [1.165, 1.54) is 6.07 Å². The van der Waals surface area contributed by atoms with Crippen molar-refractivity contribution in [1.29, 1.82) is 0 Å². The number of carboxylic acid groups (broad SMARTS) is 2. The highest BCUT2D eigenvalue weighted by atomic mass is 16.5. The number of hydrogen-bond acceptors (Lipinski definition) is 4. The van der Waals surface area contributed by atoms with Gasteiger partial charge in [0.1, 0.15) is 5.76 Å². The van der Waals surface area contributed by atoms with Crippen molar-refractivity contribution in [3.63, 3.8) is 0 Å². The molecular weight excluding hydrogens is 190 g/mol. The Bertz CT molecular complexity index is 342. The first-order valence-electron chi connectivity index (χ1n) is 3.88. The third-order valence-electron chi connectivity index (χ3n) is 1.69.